The summed E-state index contributed by atoms with van der Waals surface area (Å²) in [5, 5.41) is 2.92. The van der Waals surface area contributed by atoms with E-state index in [1.54, 1.807) is 11.5 Å². The molecule has 0 unspecified atom stereocenters. The maximum Gasteiger partial charge on any atom is 0.270 e. The second-order valence-corrected chi connectivity index (χ2v) is 4.86. The van der Waals surface area contributed by atoms with E-state index in [1.165, 1.54) is 0 Å². The molecular weight excluding hydrogens is 282 g/mol. The molecule has 0 aliphatic heterocycles. The Kier molecular flexibility index (Phi) is 5.77. The largest absolute Gasteiger partial charge is 0.490 e. The number of nitrogens with one attached hydrogen (secondary N) is 1. The van der Waals surface area contributed by atoms with Gasteiger partial charge in [0.05, 0.1) is 12.3 Å². The zero-order chi connectivity index (χ0) is 15.9. The fourth-order valence-corrected chi connectivity index (χ4v) is 2.35. The van der Waals surface area contributed by atoms with Crippen LogP contribution in [0.5, 0.6) is 5.75 Å². The van der Waals surface area contributed by atoms with E-state index in [9.17, 15) is 4.79 Å². The normalized spacial score (nSPS) is 10.9. The number of carbonyl (C=O) groups excluding carboxylic acids is 1. The SMILES string of the molecule is CCOc1cccn2c(C(=O)NCCCOC)c(CC)nc12. The number of amides is 1. The molecule has 1 N–H and O–H groups in total. The van der Waals surface area contributed by atoms with Gasteiger partial charge in [-0.25, -0.2) is 4.98 Å². The van der Waals surface area contributed by atoms with Gasteiger partial charge in [-0.05, 0) is 31.9 Å². The molecule has 0 spiro atoms. The summed E-state index contributed by atoms with van der Waals surface area (Å²) in [6.45, 7) is 5.68. The van der Waals surface area contributed by atoms with Gasteiger partial charge in [0.2, 0.25) is 0 Å². The van der Waals surface area contributed by atoms with Crippen LogP contribution in [0.25, 0.3) is 5.65 Å². The Labute approximate surface area is 130 Å². The molecule has 0 aromatic carbocycles. The summed E-state index contributed by atoms with van der Waals surface area (Å²) in [6, 6.07) is 3.73. The van der Waals surface area contributed by atoms with Crippen LogP contribution in [-0.4, -0.2) is 42.2 Å². The third-order valence-corrected chi connectivity index (χ3v) is 3.35. The highest BCUT2D eigenvalue weighted by Crippen LogP contribution is 2.22. The summed E-state index contributed by atoms with van der Waals surface area (Å²) >= 11 is 0. The Balaban J connectivity index is 2.31. The van der Waals surface area contributed by atoms with Gasteiger partial charge in [0.15, 0.2) is 11.4 Å². The monoisotopic (exact) mass is 305 g/mol. The van der Waals surface area contributed by atoms with Crippen LogP contribution in [0.4, 0.5) is 0 Å². The van der Waals surface area contributed by atoms with E-state index in [1.807, 2.05) is 32.2 Å². The van der Waals surface area contributed by atoms with Crippen molar-refractivity contribution in [3.8, 4) is 5.75 Å². The number of carbonyl (C=O) groups is 1. The van der Waals surface area contributed by atoms with Gasteiger partial charge in [-0.2, -0.15) is 0 Å². The van der Waals surface area contributed by atoms with E-state index in [4.69, 9.17) is 9.47 Å². The van der Waals surface area contributed by atoms with Gasteiger partial charge in [-0.1, -0.05) is 6.92 Å². The predicted molar refractivity (Wildman–Crippen MR) is 84.6 cm³/mol. The number of hydrogen-bond donors (Lipinski definition) is 1. The number of aromatic nitrogens is 2. The Morgan fingerprint density at radius 1 is 1.41 bits per heavy atom. The van der Waals surface area contributed by atoms with Crippen LogP contribution in [0.2, 0.25) is 0 Å². The average Bonchev–Trinajstić information content (AvgIpc) is 2.91. The summed E-state index contributed by atoms with van der Waals surface area (Å²) in [6.07, 6.45) is 3.31. The van der Waals surface area contributed by atoms with Crippen molar-refractivity contribution in [3.05, 3.63) is 29.7 Å². The van der Waals surface area contributed by atoms with Crippen molar-refractivity contribution in [1.29, 1.82) is 0 Å². The van der Waals surface area contributed by atoms with E-state index in [2.05, 4.69) is 10.3 Å². The summed E-state index contributed by atoms with van der Waals surface area (Å²) in [5.74, 6) is 0.576. The molecule has 22 heavy (non-hydrogen) atoms. The molecule has 0 aliphatic carbocycles. The zero-order valence-electron chi connectivity index (χ0n) is 13.4. The first-order chi connectivity index (χ1) is 10.7. The minimum absolute atomic E-state index is 0.117. The number of fused-ring (bicyclic) bond motifs is 1. The van der Waals surface area contributed by atoms with Crippen molar-refractivity contribution in [2.45, 2.75) is 26.7 Å². The number of aryl methyl sites for hydroxylation is 1. The number of ether oxygens (including phenoxy) is 2. The van der Waals surface area contributed by atoms with E-state index in [0.29, 0.717) is 43.3 Å². The van der Waals surface area contributed by atoms with Crippen LogP contribution in [0.1, 0.15) is 36.5 Å². The second-order valence-electron chi connectivity index (χ2n) is 4.86. The smallest absolute Gasteiger partial charge is 0.270 e. The van der Waals surface area contributed by atoms with Crippen LogP contribution in [0.15, 0.2) is 18.3 Å². The fourth-order valence-electron chi connectivity index (χ4n) is 2.35. The lowest BCUT2D eigenvalue weighted by Gasteiger charge is -2.07. The predicted octanol–water partition coefficient (Wildman–Crippen LogP) is 2.06. The minimum Gasteiger partial charge on any atom is -0.490 e. The minimum atomic E-state index is -0.117. The molecule has 0 atom stereocenters. The Morgan fingerprint density at radius 2 is 2.23 bits per heavy atom. The van der Waals surface area contributed by atoms with Crippen LogP contribution in [0, 0.1) is 0 Å². The highest BCUT2D eigenvalue weighted by Gasteiger charge is 2.19. The van der Waals surface area contributed by atoms with Gasteiger partial charge in [0.25, 0.3) is 5.91 Å². The molecule has 2 heterocycles. The molecule has 0 bridgehead atoms. The van der Waals surface area contributed by atoms with Gasteiger partial charge in [-0.3, -0.25) is 9.20 Å². The molecule has 1 amide bonds. The maximum absolute atomic E-state index is 12.5. The van der Waals surface area contributed by atoms with Crippen LogP contribution in [-0.2, 0) is 11.2 Å². The summed E-state index contributed by atoms with van der Waals surface area (Å²) < 4.78 is 12.4. The molecule has 2 aromatic heterocycles. The van der Waals surface area contributed by atoms with Gasteiger partial charge in [0, 0.05) is 26.5 Å². The molecule has 6 heteroatoms. The van der Waals surface area contributed by atoms with Gasteiger partial charge >= 0.3 is 0 Å². The molecular formula is C16H23N3O3. The molecule has 6 nitrogen and oxygen atoms in total. The lowest BCUT2D eigenvalue weighted by Crippen LogP contribution is -2.27. The van der Waals surface area contributed by atoms with Crippen molar-refractivity contribution >= 4 is 11.6 Å². The van der Waals surface area contributed by atoms with Crippen molar-refractivity contribution in [2.24, 2.45) is 0 Å². The second kappa shape index (κ2) is 7.79. The third-order valence-electron chi connectivity index (χ3n) is 3.35. The molecule has 120 valence electrons. The lowest BCUT2D eigenvalue weighted by molar-refractivity contribution is 0.0941. The molecule has 0 fully saturated rings. The quantitative estimate of drug-likeness (QED) is 0.758. The van der Waals surface area contributed by atoms with E-state index in [-0.39, 0.29) is 5.91 Å². The molecule has 2 rings (SSSR count). The molecule has 0 aliphatic rings. The summed E-state index contributed by atoms with van der Waals surface area (Å²) in [7, 11) is 1.65. The summed E-state index contributed by atoms with van der Waals surface area (Å²) in [4.78, 5) is 17.0. The van der Waals surface area contributed by atoms with Crippen molar-refractivity contribution in [1.82, 2.24) is 14.7 Å². The Bertz CT molecular complexity index is 637. The highest BCUT2D eigenvalue weighted by molar-refractivity contribution is 5.95. The Hall–Kier alpha value is -2.08. The van der Waals surface area contributed by atoms with Gasteiger partial charge in [0.1, 0.15) is 5.69 Å². The number of imidazole rings is 1. The molecule has 0 saturated carbocycles. The lowest BCUT2D eigenvalue weighted by atomic mass is 10.2. The fraction of sp³-hybridized carbons (Fsp3) is 0.500. The van der Waals surface area contributed by atoms with Gasteiger partial charge < -0.3 is 14.8 Å². The molecule has 0 radical (unpaired) electrons. The number of methoxy groups -OCH3 is 1. The van der Waals surface area contributed by atoms with Crippen LogP contribution >= 0.6 is 0 Å². The van der Waals surface area contributed by atoms with Crippen molar-refractivity contribution in [3.63, 3.8) is 0 Å². The van der Waals surface area contributed by atoms with Gasteiger partial charge in [-0.15, -0.1) is 0 Å². The first-order valence-corrected chi connectivity index (χ1v) is 7.62. The average molecular weight is 305 g/mol. The number of pyridine rings is 1. The Morgan fingerprint density at radius 3 is 2.91 bits per heavy atom. The van der Waals surface area contributed by atoms with E-state index < -0.39 is 0 Å². The summed E-state index contributed by atoms with van der Waals surface area (Å²) in [5.41, 5.74) is 2.04. The zero-order valence-corrected chi connectivity index (χ0v) is 13.4. The van der Waals surface area contributed by atoms with E-state index >= 15 is 0 Å². The van der Waals surface area contributed by atoms with Crippen molar-refractivity contribution < 1.29 is 14.3 Å². The number of nitrogens with zero attached hydrogens (tertiary/aromatic N) is 2. The molecule has 2 aromatic rings. The third kappa shape index (κ3) is 3.39. The standard InChI is InChI=1S/C16H23N3O3/c1-4-12-14(16(20)17-9-7-11-21-3)19-10-6-8-13(22-5-2)15(19)18-12/h6,8,10H,4-5,7,9,11H2,1-3H3,(H,17,20). The van der Waals surface area contributed by atoms with Crippen LogP contribution < -0.4 is 10.1 Å². The topological polar surface area (TPSA) is 64.9 Å². The first kappa shape index (κ1) is 16.3. The molecule has 0 saturated heterocycles. The highest BCUT2D eigenvalue weighted by atomic mass is 16.5. The maximum atomic E-state index is 12.5. The van der Waals surface area contributed by atoms with E-state index in [0.717, 1.165) is 12.1 Å². The number of hydrogen-bond acceptors (Lipinski definition) is 4. The first-order valence-electron chi connectivity index (χ1n) is 7.62. The number of rotatable bonds is 8. The van der Waals surface area contributed by atoms with Crippen molar-refractivity contribution in [2.75, 3.05) is 26.9 Å². The van der Waals surface area contributed by atoms with Crippen LogP contribution in [0.3, 0.4) is 0 Å².